The molecule has 51 heavy (non-hydrogen) atoms. The lowest BCUT2D eigenvalue weighted by molar-refractivity contribution is -0.140. The smallest absolute Gasteiger partial charge is 0.408 e. The van der Waals surface area contributed by atoms with Gasteiger partial charge in [0.25, 0.3) is 0 Å². The summed E-state index contributed by atoms with van der Waals surface area (Å²) in [5.41, 5.74) is 2.93. The quantitative estimate of drug-likeness (QED) is 0.110. The highest BCUT2D eigenvalue weighted by Crippen LogP contribution is 2.42. The molecular formula is C37H39F3N4O7. The molecule has 0 aliphatic rings. The number of carbonyl (C=O) groups excluding carboxylic acids is 1. The Labute approximate surface area is 292 Å². The molecule has 270 valence electrons. The summed E-state index contributed by atoms with van der Waals surface area (Å²) in [5.74, 6) is -1.33. The number of benzene rings is 2. The molecule has 0 radical (unpaired) electrons. The minimum Gasteiger partial charge on any atom is -0.480 e. The van der Waals surface area contributed by atoms with Gasteiger partial charge in [-0.2, -0.15) is 13.2 Å². The predicted molar refractivity (Wildman–Crippen MR) is 182 cm³/mol. The molecule has 0 saturated carbocycles. The van der Waals surface area contributed by atoms with Crippen molar-refractivity contribution in [3.05, 3.63) is 95.8 Å². The zero-order chi connectivity index (χ0) is 36.9. The number of ether oxygens (including phenoxy) is 2. The number of fused-ring (bicyclic) bond motifs is 1. The van der Waals surface area contributed by atoms with Crippen LogP contribution in [0.15, 0.2) is 77.5 Å². The number of aliphatic hydroxyl groups is 1. The summed E-state index contributed by atoms with van der Waals surface area (Å²) < 4.78 is 60.1. The number of nitrogens with one attached hydrogen (secondary N) is 1. The van der Waals surface area contributed by atoms with Gasteiger partial charge in [-0.15, -0.1) is 0 Å². The first-order valence-corrected chi connectivity index (χ1v) is 16.1. The van der Waals surface area contributed by atoms with E-state index in [1.807, 2.05) is 19.9 Å². The number of alkyl carbamates (subject to hydrolysis) is 1. The number of methoxy groups -OCH3 is 1. The fraction of sp³-hybridized carbons (Fsp3) is 0.351. The summed E-state index contributed by atoms with van der Waals surface area (Å²) >= 11 is 0. The van der Waals surface area contributed by atoms with Crippen LogP contribution in [0.25, 0.3) is 33.4 Å². The summed E-state index contributed by atoms with van der Waals surface area (Å²) in [4.78, 5) is 33.3. The predicted octanol–water partition coefficient (Wildman–Crippen LogP) is 7.11. The topological polar surface area (TPSA) is 149 Å². The average Bonchev–Trinajstić information content (AvgIpc) is 3.68. The van der Waals surface area contributed by atoms with E-state index in [9.17, 15) is 33.0 Å². The molecule has 0 bridgehead atoms. The molecular weight excluding hydrogens is 669 g/mol. The van der Waals surface area contributed by atoms with Crippen LogP contribution in [-0.2, 0) is 40.3 Å². The summed E-state index contributed by atoms with van der Waals surface area (Å²) in [5, 5.41) is 22.8. The van der Waals surface area contributed by atoms with Crippen molar-refractivity contribution in [1.82, 2.24) is 19.9 Å². The second-order valence-corrected chi connectivity index (χ2v) is 13.0. The number of rotatable bonds is 14. The number of oxazole rings is 1. The Hall–Kier alpha value is -5.21. The Balaban J connectivity index is 1.53. The van der Waals surface area contributed by atoms with Crippen LogP contribution < -0.4 is 5.32 Å². The molecule has 3 N–H and O–H groups in total. The van der Waals surface area contributed by atoms with E-state index in [4.69, 9.17) is 13.9 Å². The average molecular weight is 709 g/mol. The molecule has 2 aromatic carbocycles. The van der Waals surface area contributed by atoms with Crippen LogP contribution in [0.2, 0.25) is 0 Å². The Bertz CT molecular complexity index is 1990. The number of aliphatic hydroxyl groups excluding tert-OH is 1. The molecule has 0 fully saturated rings. The molecule has 5 aromatic rings. The van der Waals surface area contributed by atoms with Crippen molar-refractivity contribution < 1.29 is 46.9 Å². The van der Waals surface area contributed by atoms with E-state index >= 15 is 0 Å². The lowest BCUT2D eigenvalue weighted by atomic mass is 9.84. The number of halogens is 3. The number of hydrogen-bond acceptors (Lipinski definition) is 8. The molecule has 3 heterocycles. The van der Waals surface area contributed by atoms with Crippen LogP contribution >= 0.6 is 0 Å². The van der Waals surface area contributed by atoms with E-state index in [-0.39, 0.29) is 31.9 Å². The van der Waals surface area contributed by atoms with E-state index < -0.39 is 42.3 Å². The van der Waals surface area contributed by atoms with E-state index in [1.165, 1.54) is 17.9 Å². The fourth-order valence-corrected chi connectivity index (χ4v) is 5.82. The third kappa shape index (κ3) is 8.94. The van der Waals surface area contributed by atoms with Crippen LogP contribution in [-0.4, -0.2) is 62.7 Å². The normalized spacial score (nSPS) is 13.3. The minimum atomic E-state index is -4.57. The number of carboxylic acids is 1. The highest BCUT2D eigenvalue weighted by Gasteiger charge is 2.34. The van der Waals surface area contributed by atoms with Gasteiger partial charge in [0, 0.05) is 41.9 Å². The Morgan fingerprint density at radius 3 is 2.49 bits per heavy atom. The molecule has 0 spiro atoms. The molecule has 2 atom stereocenters. The first-order valence-electron chi connectivity index (χ1n) is 16.1. The van der Waals surface area contributed by atoms with Gasteiger partial charge in [0.15, 0.2) is 5.89 Å². The maximum atomic E-state index is 14.2. The van der Waals surface area contributed by atoms with Gasteiger partial charge < -0.3 is 34.0 Å². The van der Waals surface area contributed by atoms with Gasteiger partial charge in [0.2, 0.25) is 0 Å². The largest absolute Gasteiger partial charge is 0.480 e. The molecule has 5 rings (SSSR count). The highest BCUT2D eigenvalue weighted by molar-refractivity contribution is 5.95. The number of nitrogens with zero attached hydrogens (tertiary/aromatic N) is 3. The number of aromatic nitrogens is 3. The van der Waals surface area contributed by atoms with Crippen LogP contribution in [0.1, 0.15) is 49.6 Å². The van der Waals surface area contributed by atoms with Crippen molar-refractivity contribution in [3.8, 4) is 22.5 Å². The number of aliphatic carboxylic acids is 1. The van der Waals surface area contributed by atoms with Gasteiger partial charge in [-0.1, -0.05) is 50.2 Å². The summed E-state index contributed by atoms with van der Waals surface area (Å²) in [6.45, 7) is 3.85. The molecule has 3 aromatic heterocycles. The first-order chi connectivity index (χ1) is 24.2. The molecule has 14 heteroatoms. The lowest BCUT2D eigenvalue weighted by Gasteiger charge is -2.24. The van der Waals surface area contributed by atoms with Crippen molar-refractivity contribution in [3.63, 3.8) is 0 Å². The van der Waals surface area contributed by atoms with Crippen molar-refractivity contribution in [2.45, 2.75) is 65.1 Å². The van der Waals surface area contributed by atoms with E-state index in [1.54, 1.807) is 67.7 Å². The van der Waals surface area contributed by atoms with Gasteiger partial charge >= 0.3 is 18.2 Å². The molecule has 0 aliphatic carbocycles. The maximum absolute atomic E-state index is 14.2. The number of hydrogen-bond donors (Lipinski definition) is 3. The summed E-state index contributed by atoms with van der Waals surface area (Å²) in [7, 11) is 1.50. The van der Waals surface area contributed by atoms with Gasteiger partial charge in [-0.05, 0) is 54.2 Å². The standard InChI is InChI=1S/C37H39F3N4O7/c1-22(49-4)32-25(11-8-14-41-32)33-27(17-36(2,3)21-45)26-15-24(12-13-30(26)44(33)20-37(38,39)40)29-19-50-31(42-29)16-28(34(46)47)43-35(48)51-18-23-9-6-5-7-10-23/h5-15,19,22,28,45H,16-18,20-21H2,1-4H3,(H,43,48)(H,46,47)/t22-,28-/m0/s1. The third-order valence-electron chi connectivity index (χ3n) is 8.45. The molecule has 0 saturated heterocycles. The summed E-state index contributed by atoms with van der Waals surface area (Å²) in [6, 6.07) is 15.7. The zero-order valence-corrected chi connectivity index (χ0v) is 28.5. The maximum Gasteiger partial charge on any atom is 0.408 e. The second kappa shape index (κ2) is 15.4. The van der Waals surface area contributed by atoms with Crippen LogP contribution in [0.5, 0.6) is 0 Å². The Morgan fingerprint density at radius 1 is 1.08 bits per heavy atom. The van der Waals surface area contributed by atoms with Crippen LogP contribution in [0, 0.1) is 5.41 Å². The van der Waals surface area contributed by atoms with Crippen LogP contribution in [0.4, 0.5) is 18.0 Å². The summed E-state index contributed by atoms with van der Waals surface area (Å²) in [6.07, 6.45) is -3.25. The van der Waals surface area contributed by atoms with Crippen LogP contribution in [0.3, 0.4) is 0 Å². The van der Waals surface area contributed by atoms with Gasteiger partial charge in [-0.25, -0.2) is 14.6 Å². The lowest BCUT2D eigenvalue weighted by Crippen LogP contribution is -2.42. The SMILES string of the molecule is CO[C@@H](C)c1ncccc1-c1c(CC(C)(C)CO)c2cc(-c3coc(C[C@H](NC(=O)OCc4ccccc4)C(=O)O)n3)ccc2n1CC(F)(F)F. The number of carbonyl (C=O) groups is 2. The third-order valence-corrected chi connectivity index (χ3v) is 8.45. The zero-order valence-electron chi connectivity index (χ0n) is 28.5. The number of carboxylic acid groups (broad SMARTS) is 1. The number of pyridine rings is 1. The van der Waals surface area contributed by atoms with E-state index in [0.29, 0.717) is 44.7 Å². The molecule has 11 nitrogen and oxygen atoms in total. The van der Waals surface area contributed by atoms with Crippen molar-refractivity contribution in [2.75, 3.05) is 13.7 Å². The monoisotopic (exact) mass is 708 g/mol. The van der Waals surface area contributed by atoms with Gasteiger partial charge in [-0.3, -0.25) is 4.98 Å². The Morgan fingerprint density at radius 2 is 1.82 bits per heavy atom. The van der Waals surface area contributed by atoms with Gasteiger partial charge in [0.1, 0.15) is 31.2 Å². The fourth-order valence-electron chi connectivity index (χ4n) is 5.82. The van der Waals surface area contributed by atoms with Crippen molar-refractivity contribution in [2.24, 2.45) is 5.41 Å². The minimum absolute atomic E-state index is 0.00591. The van der Waals surface area contributed by atoms with Gasteiger partial charge in [0.05, 0.1) is 23.9 Å². The second-order valence-electron chi connectivity index (χ2n) is 13.0. The first kappa shape index (κ1) is 37.1. The number of alkyl halides is 3. The number of amides is 1. The van der Waals surface area contributed by atoms with E-state index in [2.05, 4.69) is 15.3 Å². The highest BCUT2D eigenvalue weighted by atomic mass is 19.4. The Kier molecular flexibility index (Phi) is 11.2. The molecule has 1 amide bonds. The van der Waals surface area contributed by atoms with Crippen molar-refractivity contribution >= 4 is 23.0 Å². The molecule has 0 aliphatic heterocycles. The van der Waals surface area contributed by atoms with Crippen molar-refractivity contribution in [1.29, 1.82) is 0 Å². The van der Waals surface area contributed by atoms with E-state index in [0.717, 1.165) is 5.56 Å². The molecule has 0 unspecified atom stereocenters.